The number of fused-ring (bicyclic) bond motifs is 2. The maximum Gasteiger partial charge on any atom is 0.302 e. The molecule has 0 spiro atoms. The Morgan fingerprint density at radius 2 is 1.60 bits per heavy atom. The molecular formula is C14H13F3O2S. The summed E-state index contributed by atoms with van der Waals surface area (Å²) in [5.41, 5.74) is 0.774. The van der Waals surface area contributed by atoms with Crippen LogP contribution in [0.3, 0.4) is 0 Å². The molecule has 2 bridgehead atoms. The van der Waals surface area contributed by atoms with Crippen molar-refractivity contribution in [1.82, 2.24) is 0 Å². The fourth-order valence-corrected chi connectivity index (χ4v) is 4.93. The Morgan fingerprint density at radius 1 is 1.05 bits per heavy atom. The van der Waals surface area contributed by atoms with Crippen molar-refractivity contribution in [2.75, 3.05) is 0 Å². The molecule has 3 unspecified atom stereocenters. The summed E-state index contributed by atoms with van der Waals surface area (Å²) in [6.45, 7) is 1.73. The molecule has 2 nitrogen and oxygen atoms in total. The normalized spacial score (nSPS) is 34.6. The van der Waals surface area contributed by atoms with Crippen LogP contribution < -0.4 is 0 Å². The zero-order valence-corrected chi connectivity index (χ0v) is 11.5. The maximum absolute atomic E-state index is 15.0. The van der Waals surface area contributed by atoms with Gasteiger partial charge in [-0.2, -0.15) is 0 Å². The first-order valence-electron chi connectivity index (χ1n) is 6.27. The monoisotopic (exact) mass is 302 g/mol. The molecule has 0 aliphatic heterocycles. The summed E-state index contributed by atoms with van der Waals surface area (Å²) in [6.07, 6.45) is 2.32. The van der Waals surface area contributed by atoms with Gasteiger partial charge >= 0.3 is 5.92 Å². The molecule has 3 atom stereocenters. The Balaban J connectivity index is 2.16. The SMILES string of the molecule is Cc1ccc(S(=O)(=O)C2(F)C3C=CC(C3)C2(F)F)cc1. The standard InChI is InChI=1S/C14H13F3O2S/c1-9-2-6-12(7-3-9)20(18,19)14(17)11-5-4-10(8-11)13(14,15)16/h2-7,10-11H,8H2,1H3. The van der Waals surface area contributed by atoms with E-state index in [1.54, 1.807) is 6.92 Å². The molecule has 108 valence electrons. The van der Waals surface area contributed by atoms with E-state index in [1.807, 2.05) is 0 Å². The summed E-state index contributed by atoms with van der Waals surface area (Å²) in [7, 11) is -4.76. The average Bonchev–Trinajstić information content (AvgIpc) is 2.93. The average molecular weight is 302 g/mol. The summed E-state index contributed by atoms with van der Waals surface area (Å²) in [5.74, 6) is -6.51. The lowest BCUT2D eigenvalue weighted by Gasteiger charge is -2.33. The van der Waals surface area contributed by atoms with E-state index in [-0.39, 0.29) is 6.42 Å². The van der Waals surface area contributed by atoms with Crippen molar-refractivity contribution < 1.29 is 21.6 Å². The van der Waals surface area contributed by atoms with E-state index in [0.29, 0.717) is 0 Å². The highest BCUT2D eigenvalue weighted by Crippen LogP contribution is 2.61. The molecule has 0 amide bonds. The van der Waals surface area contributed by atoms with Crippen LogP contribution in [0.2, 0.25) is 0 Å². The van der Waals surface area contributed by atoms with Gasteiger partial charge in [0.05, 0.1) is 4.90 Å². The Labute approximate surface area is 115 Å². The lowest BCUT2D eigenvalue weighted by molar-refractivity contribution is -0.103. The van der Waals surface area contributed by atoms with Gasteiger partial charge in [0.25, 0.3) is 5.00 Å². The highest BCUT2D eigenvalue weighted by molar-refractivity contribution is 7.92. The summed E-state index contributed by atoms with van der Waals surface area (Å²) in [4.78, 5) is -0.397. The third-order valence-electron chi connectivity index (χ3n) is 4.20. The lowest BCUT2D eigenvalue weighted by Crippen LogP contribution is -2.53. The van der Waals surface area contributed by atoms with Gasteiger partial charge in [-0.1, -0.05) is 29.8 Å². The van der Waals surface area contributed by atoms with Crippen molar-refractivity contribution in [1.29, 1.82) is 0 Å². The van der Waals surface area contributed by atoms with Crippen molar-refractivity contribution in [2.45, 2.75) is 29.2 Å². The van der Waals surface area contributed by atoms with Crippen LogP contribution in [0.15, 0.2) is 41.3 Å². The van der Waals surface area contributed by atoms with Gasteiger partial charge in [0.15, 0.2) is 0 Å². The Morgan fingerprint density at radius 3 is 2.10 bits per heavy atom. The number of benzene rings is 1. The van der Waals surface area contributed by atoms with Crippen molar-refractivity contribution in [2.24, 2.45) is 11.8 Å². The zero-order valence-electron chi connectivity index (χ0n) is 10.7. The minimum absolute atomic E-state index is 0.158. The summed E-state index contributed by atoms with van der Waals surface area (Å²) < 4.78 is 68.0. The molecule has 0 aromatic heterocycles. The van der Waals surface area contributed by atoms with Gasteiger partial charge in [0.1, 0.15) is 0 Å². The molecule has 2 aliphatic carbocycles. The molecule has 2 aliphatic rings. The second-order valence-corrected chi connectivity index (χ2v) is 7.49. The summed E-state index contributed by atoms with van der Waals surface area (Å²) in [6, 6.07) is 5.30. The molecule has 3 rings (SSSR count). The Bertz CT molecular complexity index is 679. The van der Waals surface area contributed by atoms with Gasteiger partial charge in [-0.25, -0.2) is 21.6 Å². The predicted octanol–water partition coefficient (Wildman–Crippen LogP) is 3.28. The fourth-order valence-electron chi connectivity index (χ4n) is 3.01. The van der Waals surface area contributed by atoms with Crippen LogP contribution in [-0.2, 0) is 9.84 Å². The molecule has 1 saturated carbocycles. The Hall–Kier alpha value is -1.30. The molecule has 0 heterocycles. The molecule has 6 heteroatoms. The zero-order chi connectivity index (χ0) is 14.8. The van der Waals surface area contributed by atoms with E-state index in [4.69, 9.17) is 0 Å². The smallest absolute Gasteiger partial charge is 0.220 e. The third kappa shape index (κ3) is 1.43. The highest BCUT2D eigenvalue weighted by Gasteiger charge is 2.76. The van der Waals surface area contributed by atoms with E-state index in [0.717, 1.165) is 5.56 Å². The lowest BCUT2D eigenvalue weighted by atomic mass is 10.0. The van der Waals surface area contributed by atoms with Crippen molar-refractivity contribution in [3.63, 3.8) is 0 Å². The first-order valence-corrected chi connectivity index (χ1v) is 7.76. The van der Waals surface area contributed by atoms with Gasteiger partial charge in [-0.3, -0.25) is 0 Å². The van der Waals surface area contributed by atoms with Crippen molar-refractivity contribution in [3.8, 4) is 0 Å². The van der Waals surface area contributed by atoms with E-state index < -0.39 is 37.5 Å². The second kappa shape index (κ2) is 3.87. The Kier molecular flexibility index (Phi) is 2.65. The molecule has 1 aromatic rings. The molecule has 0 saturated heterocycles. The molecular weight excluding hydrogens is 289 g/mol. The number of hydrogen-bond donors (Lipinski definition) is 0. The number of halogens is 3. The van der Waals surface area contributed by atoms with Gasteiger partial charge < -0.3 is 0 Å². The van der Waals surface area contributed by atoms with Gasteiger partial charge in [0.2, 0.25) is 9.84 Å². The molecule has 1 fully saturated rings. The van der Waals surface area contributed by atoms with Crippen molar-refractivity contribution in [3.05, 3.63) is 42.0 Å². The van der Waals surface area contributed by atoms with E-state index in [1.165, 1.54) is 36.4 Å². The fraction of sp³-hybridized carbons (Fsp3) is 0.429. The molecule has 0 radical (unpaired) electrons. The predicted molar refractivity (Wildman–Crippen MR) is 67.9 cm³/mol. The van der Waals surface area contributed by atoms with Crippen LogP contribution in [-0.4, -0.2) is 19.3 Å². The maximum atomic E-state index is 15.0. The summed E-state index contributed by atoms with van der Waals surface area (Å²) in [5, 5.41) is -3.55. The molecule has 1 aromatic carbocycles. The quantitative estimate of drug-likeness (QED) is 0.786. The van der Waals surface area contributed by atoms with Crippen LogP contribution in [0.4, 0.5) is 13.2 Å². The van der Waals surface area contributed by atoms with Crippen LogP contribution in [0.5, 0.6) is 0 Å². The van der Waals surface area contributed by atoms with E-state index in [2.05, 4.69) is 0 Å². The van der Waals surface area contributed by atoms with Crippen LogP contribution in [0.25, 0.3) is 0 Å². The second-order valence-electron chi connectivity index (χ2n) is 5.42. The topological polar surface area (TPSA) is 34.1 Å². The number of aryl methyl sites for hydroxylation is 1. The van der Waals surface area contributed by atoms with Gasteiger partial charge in [0, 0.05) is 11.8 Å². The third-order valence-corrected chi connectivity index (χ3v) is 6.45. The van der Waals surface area contributed by atoms with E-state index >= 15 is 0 Å². The van der Waals surface area contributed by atoms with Crippen LogP contribution in [0.1, 0.15) is 12.0 Å². The van der Waals surface area contributed by atoms with Gasteiger partial charge in [-0.05, 0) is 25.5 Å². The molecule has 0 N–H and O–H groups in total. The number of sulfone groups is 1. The number of hydrogen-bond acceptors (Lipinski definition) is 2. The minimum Gasteiger partial charge on any atom is -0.220 e. The highest BCUT2D eigenvalue weighted by atomic mass is 32.2. The first-order chi connectivity index (χ1) is 9.21. The van der Waals surface area contributed by atoms with Crippen LogP contribution >= 0.6 is 0 Å². The largest absolute Gasteiger partial charge is 0.302 e. The number of allylic oxidation sites excluding steroid dienone is 2. The first kappa shape index (κ1) is 13.7. The number of rotatable bonds is 2. The molecule has 20 heavy (non-hydrogen) atoms. The minimum atomic E-state index is -4.76. The van der Waals surface area contributed by atoms with Gasteiger partial charge in [-0.15, -0.1) is 0 Å². The van der Waals surface area contributed by atoms with E-state index in [9.17, 15) is 21.6 Å². The number of alkyl halides is 3. The van der Waals surface area contributed by atoms with Crippen molar-refractivity contribution >= 4 is 9.84 Å². The summed E-state index contributed by atoms with van der Waals surface area (Å²) >= 11 is 0. The van der Waals surface area contributed by atoms with Crippen LogP contribution in [0, 0.1) is 18.8 Å².